The van der Waals surface area contributed by atoms with Crippen molar-refractivity contribution < 1.29 is 32.5 Å². The molecular formula is C22H26O7S. The number of fused-ring (bicyclic) bond motifs is 1. The van der Waals surface area contributed by atoms with Gasteiger partial charge in [-0.25, -0.2) is 8.42 Å². The van der Waals surface area contributed by atoms with E-state index in [0.717, 1.165) is 11.1 Å². The first-order chi connectivity index (χ1) is 14.5. The van der Waals surface area contributed by atoms with Crippen molar-refractivity contribution in [3.05, 3.63) is 65.7 Å². The first-order valence-corrected chi connectivity index (χ1v) is 11.4. The molecule has 162 valence electrons. The van der Waals surface area contributed by atoms with Crippen molar-refractivity contribution in [3.8, 4) is 0 Å². The van der Waals surface area contributed by atoms with Gasteiger partial charge in [-0.2, -0.15) is 0 Å². The Balaban J connectivity index is 1.67. The van der Waals surface area contributed by atoms with Crippen molar-refractivity contribution >= 4 is 9.84 Å². The van der Waals surface area contributed by atoms with E-state index in [2.05, 4.69) is 0 Å². The largest absolute Gasteiger partial charge is 0.396 e. The molecule has 2 aromatic rings. The van der Waals surface area contributed by atoms with Crippen molar-refractivity contribution in [1.82, 2.24) is 0 Å². The van der Waals surface area contributed by atoms with Crippen LogP contribution < -0.4 is 0 Å². The smallest absolute Gasteiger partial charge is 0.186 e. The number of aryl methyl sites for hydroxylation is 1. The Bertz CT molecular complexity index is 945. The number of hydrogen-bond donors (Lipinski definition) is 1. The van der Waals surface area contributed by atoms with Gasteiger partial charge in [-0.05, 0) is 19.1 Å². The second-order valence-corrected chi connectivity index (χ2v) is 9.73. The van der Waals surface area contributed by atoms with Crippen LogP contribution in [0.4, 0.5) is 0 Å². The topological polar surface area (TPSA) is 91.3 Å². The van der Waals surface area contributed by atoms with Crippen LogP contribution in [0.3, 0.4) is 0 Å². The van der Waals surface area contributed by atoms with Crippen LogP contribution in [-0.4, -0.2) is 57.6 Å². The number of rotatable bonds is 5. The lowest BCUT2D eigenvalue weighted by atomic mass is 9.90. The Labute approximate surface area is 176 Å². The van der Waals surface area contributed by atoms with Gasteiger partial charge in [-0.3, -0.25) is 0 Å². The highest BCUT2D eigenvalue weighted by Gasteiger charge is 2.54. The van der Waals surface area contributed by atoms with Crippen molar-refractivity contribution in [2.45, 2.75) is 41.9 Å². The first kappa shape index (κ1) is 21.4. The Morgan fingerprint density at radius 2 is 1.77 bits per heavy atom. The molecule has 6 atom stereocenters. The summed E-state index contributed by atoms with van der Waals surface area (Å²) in [7, 11) is -2.47. The van der Waals surface area contributed by atoms with Gasteiger partial charge in [0.15, 0.2) is 22.4 Å². The van der Waals surface area contributed by atoms with E-state index in [-0.39, 0.29) is 18.1 Å². The Morgan fingerprint density at radius 1 is 1.07 bits per heavy atom. The van der Waals surface area contributed by atoms with E-state index < -0.39 is 45.8 Å². The Morgan fingerprint density at radius 3 is 2.40 bits per heavy atom. The van der Waals surface area contributed by atoms with Gasteiger partial charge in [-0.15, -0.1) is 0 Å². The quantitative estimate of drug-likeness (QED) is 0.772. The molecule has 2 aliphatic heterocycles. The van der Waals surface area contributed by atoms with Crippen LogP contribution in [0.2, 0.25) is 0 Å². The number of aliphatic hydroxyl groups is 1. The number of methoxy groups -OCH3 is 1. The summed E-state index contributed by atoms with van der Waals surface area (Å²) in [6.07, 6.45) is -2.91. The molecule has 2 aliphatic rings. The van der Waals surface area contributed by atoms with Crippen LogP contribution >= 0.6 is 0 Å². The maximum atomic E-state index is 13.5. The second kappa shape index (κ2) is 8.74. The molecule has 4 rings (SSSR count). The lowest BCUT2D eigenvalue weighted by Gasteiger charge is -2.48. The van der Waals surface area contributed by atoms with E-state index in [0.29, 0.717) is 0 Å². The van der Waals surface area contributed by atoms with Crippen LogP contribution in [0.25, 0.3) is 0 Å². The number of sulfone groups is 1. The van der Waals surface area contributed by atoms with Gasteiger partial charge in [0.2, 0.25) is 0 Å². The minimum atomic E-state index is -3.86. The highest BCUT2D eigenvalue weighted by molar-refractivity contribution is 7.92. The van der Waals surface area contributed by atoms with Gasteiger partial charge in [0.1, 0.15) is 11.4 Å². The second-order valence-electron chi connectivity index (χ2n) is 7.62. The number of benzene rings is 2. The molecule has 0 aromatic heterocycles. The molecule has 0 spiro atoms. The van der Waals surface area contributed by atoms with Crippen LogP contribution in [0.15, 0.2) is 59.5 Å². The number of hydrogen-bond acceptors (Lipinski definition) is 7. The molecule has 2 heterocycles. The maximum Gasteiger partial charge on any atom is 0.186 e. The summed E-state index contributed by atoms with van der Waals surface area (Å²) in [5.41, 5.74) is 1.77. The highest BCUT2D eigenvalue weighted by atomic mass is 32.2. The van der Waals surface area contributed by atoms with E-state index in [4.69, 9.17) is 18.9 Å². The van der Waals surface area contributed by atoms with E-state index in [1.54, 1.807) is 24.3 Å². The highest BCUT2D eigenvalue weighted by Crippen LogP contribution is 2.40. The normalized spacial score (nSPS) is 31.8. The molecule has 0 aliphatic carbocycles. The molecule has 2 aromatic carbocycles. The molecule has 30 heavy (non-hydrogen) atoms. The average Bonchev–Trinajstić information content (AvgIpc) is 2.78. The monoisotopic (exact) mass is 434 g/mol. The lowest BCUT2D eigenvalue weighted by Crippen LogP contribution is -2.62. The molecule has 0 radical (unpaired) electrons. The van der Waals surface area contributed by atoms with Crippen LogP contribution in [-0.2, 0) is 28.8 Å². The predicted molar refractivity (Wildman–Crippen MR) is 108 cm³/mol. The summed E-state index contributed by atoms with van der Waals surface area (Å²) in [4.78, 5) is 0.160. The average molecular weight is 435 g/mol. The first-order valence-electron chi connectivity index (χ1n) is 9.87. The number of ether oxygens (including phenoxy) is 4. The summed E-state index contributed by atoms with van der Waals surface area (Å²) in [5.74, 6) is -0.741. The lowest BCUT2D eigenvalue weighted by molar-refractivity contribution is -0.327. The van der Waals surface area contributed by atoms with E-state index >= 15 is 0 Å². The van der Waals surface area contributed by atoms with Gasteiger partial charge in [0.25, 0.3) is 0 Å². The summed E-state index contributed by atoms with van der Waals surface area (Å²) in [6.45, 7) is 1.71. The van der Waals surface area contributed by atoms with Crippen molar-refractivity contribution in [2.24, 2.45) is 5.92 Å². The predicted octanol–water partition coefficient (Wildman–Crippen LogP) is 2.23. The fourth-order valence-electron chi connectivity index (χ4n) is 4.12. The molecule has 8 heteroatoms. The molecule has 2 fully saturated rings. The van der Waals surface area contributed by atoms with E-state index in [9.17, 15) is 13.5 Å². The third kappa shape index (κ3) is 3.91. The molecule has 0 amide bonds. The van der Waals surface area contributed by atoms with E-state index in [1.165, 1.54) is 7.11 Å². The third-order valence-electron chi connectivity index (χ3n) is 5.70. The van der Waals surface area contributed by atoms with Gasteiger partial charge < -0.3 is 24.1 Å². The zero-order valence-corrected chi connectivity index (χ0v) is 17.7. The Hall–Kier alpha value is -1.81. The Kier molecular flexibility index (Phi) is 6.24. The SMILES string of the molecule is CO[C@@H]1O[C@@H]2COC(c3ccccc3)O[C@H]2[C@@H](CO)[C@@H]1S(=O)(=O)c1ccc(C)cc1. The number of aliphatic hydroxyl groups excluding tert-OH is 1. The molecule has 0 saturated carbocycles. The molecule has 2 saturated heterocycles. The zero-order chi connectivity index (χ0) is 21.3. The minimum absolute atomic E-state index is 0.160. The fraction of sp³-hybridized carbons (Fsp3) is 0.455. The summed E-state index contributed by atoms with van der Waals surface area (Å²) in [5, 5.41) is 9.11. The van der Waals surface area contributed by atoms with Crippen molar-refractivity contribution in [1.29, 1.82) is 0 Å². The standard InChI is InChI=1S/C22H26O7S/c1-14-8-10-16(11-9-14)30(24,25)20-17(12-23)19-18(28-22(20)26-2)13-27-21(29-19)15-6-4-3-5-7-15/h3-11,17-23H,12-13H2,1-2H3/t17-,18-,19+,20+,21?,22-/m1/s1. The van der Waals surface area contributed by atoms with Gasteiger partial charge in [0.05, 0.1) is 17.6 Å². The fourth-order valence-corrected chi connectivity index (χ4v) is 6.12. The molecule has 1 unspecified atom stereocenters. The zero-order valence-electron chi connectivity index (χ0n) is 16.9. The molecule has 7 nitrogen and oxygen atoms in total. The van der Waals surface area contributed by atoms with Crippen LogP contribution in [0, 0.1) is 12.8 Å². The van der Waals surface area contributed by atoms with Crippen LogP contribution in [0.1, 0.15) is 17.4 Å². The van der Waals surface area contributed by atoms with E-state index in [1.807, 2.05) is 37.3 Å². The maximum absolute atomic E-state index is 13.5. The van der Waals surface area contributed by atoms with Gasteiger partial charge in [-0.1, -0.05) is 48.0 Å². The third-order valence-corrected chi connectivity index (χ3v) is 7.92. The van der Waals surface area contributed by atoms with Crippen molar-refractivity contribution in [2.75, 3.05) is 20.3 Å². The summed E-state index contributed by atoms with van der Waals surface area (Å²) < 4.78 is 50.3. The minimum Gasteiger partial charge on any atom is -0.396 e. The van der Waals surface area contributed by atoms with Crippen molar-refractivity contribution in [3.63, 3.8) is 0 Å². The summed E-state index contributed by atoms with van der Waals surface area (Å²) >= 11 is 0. The van der Waals surface area contributed by atoms with Gasteiger partial charge >= 0.3 is 0 Å². The summed E-state index contributed by atoms with van der Waals surface area (Å²) in [6, 6.07) is 16.0. The van der Waals surface area contributed by atoms with Gasteiger partial charge in [0, 0.05) is 25.2 Å². The molecular weight excluding hydrogens is 408 g/mol. The molecule has 1 N–H and O–H groups in total. The molecule has 0 bridgehead atoms. The van der Waals surface area contributed by atoms with Crippen LogP contribution in [0.5, 0.6) is 0 Å².